The van der Waals surface area contributed by atoms with Crippen molar-refractivity contribution in [2.24, 2.45) is 0 Å². The minimum atomic E-state index is -2.80. The Balaban J connectivity index is 3.52. The Kier molecular flexibility index (Phi) is 11.3. The van der Waals surface area contributed by atoms with Gasteiger partial charge in [0.1, 0.15) is 20.8 Å². The number of rotatable bonds is 11. The normalized spacial score (nSPS) is 14.6. The van der Waals surface area contributed by atoms with Crippen LogP contribution in [0.2, 0.25) is 37.8 Å². The molecule has 200 valence electrons. The zero-order chi connectivity index (χ0) is 27.8. The number of carbonyl (C=O) groups excluding carboxylic acids is 3. The molecule has 1 N–H and O–H groups in total. The first-order valence-electron chi connectivity index (χ1n) is 12.2. The lowest BCUT2D eigenvalue weighted by Gasteiger charge is -2.43. The van der Waals surface area contributed by atoms with Crippen molar-refractivity contribution >= 4 is 34.1 Å². The van der Waals surface area contributed by atoms with Crippen molar-refractivity contribution in [2.75, 3.05) is 6.61 Å². The molecule has 0 fully saturated rings. The number of esters is 2. The van der Waals surface area contributed by atoms with Gasteiger partial charge in [0.2, 0.25) is 5.60 Å². The predicted octanol–water partition coefficient (Wildman–Crippen LogP) is 4.64. The summed E-state index contributed by atoms with van der Waals surface area (Å²) in [5.74, 6) is 0.241. The lowest BCUT2D eigenvalue weighted by atomic mass is 9.90. The first-order chi connectivity index (χ1) is 16.4. The summed E-state index contributed by atoms with van der Waals surface area (Å²) in [4.78, 5) is 40.1. The number of hydrogen-bond donors (Lipinski definition) is 1. The van der Waals surface area contributed by atoms with Crippen LogP contribution in [-0.4, -0.2) is 57.5 Å². The molecule has 1 rings (SSSR count). The standard InChI is InChI=1S/C27H42O7Si2/c1-10-32-24(30)19-27(34-36(8,9)26(2,3)4,23(29)18-22(28)16-17-35(5,6)7)25(31)33-20-21-14-12-11-13-15-21/h11-15,22,28H,10,18-20H2,1-9H3/t22-,27+/m1/s1. The third-order valence-electron chi connectivity index (χ3n) is 5.92. The topological polar surface area (TPSA) is 99.1 Å². The van der Waals surface area contributed by atoms with E-state index in [0.29, 0.717) is 0 Å². The van der Waals surface area contributed by atoms with E-state index >= 15 is 0 Å². The van der Waals surface area contributed by atoms with E-state index in [1.807, 2.05) is 59.6 Å². The average molecular weight is 535 g/mol. The molecule has 0 heterocycles. The Morgan fingerprint density at radius 1 is 1.00 bits per heavy atom. The molecule has 9 heteroatoms. The third-order valence-corrected chi connectivity index (χ3v) is 11.3. The zero-order valence-corrected chi connectivity index (χ0v) is 25.2. The van der Waals surface area contributed by atoms with Gasteiger partial charge in [0.05, 0.1) is 13.0 Å². The smallest absolute Gasteiger partial charge is 0.346 e. The summed E-state index contributed by atoms with van der Waals surface area (Å²) in [7, 11) is -4.62. The van der Waals surface area contributed by atoms with E-state index in [2.05, 4.69) is 11.5 Å². The molecule has 0 aliphatic rings. The fourth-order valence-electron chi connectivity index (χ4n) is 2.95. The Morgan fingerprint density at radius 3 is 2.08 bits per heavy atom. The molecule has 0 saturated heterocycles. The summed E-state index contributed by atoms with van der Waals surface area (Å²) >= 11 is 0. The molecule has 0 saturated carbocycles. The summed E-state index contributed by atoms with van der Waals surface area (Å²) < 4.78 is 17.1. The number of aliphatic hydroxyl groups excluding tert-OH is 1. The van der Waals surface area contributed by atoms with Crippen LogP contribution in [0.25, 0.3) is 0 Å². The van der Waals surface area contributed by atoms with Crippen LogP contribution in [0, 0.1) is 11.5 Å². The van der Waals surface area contributed by atoms with Crippen LogP contribution in [0.4, 0.5) is 0 Å². The Labute approximate surface area is 218 Å². The zero-order valence-electron chi connectivity index (χ0n) is 23.2. The molecule has 0 bridgehead atoms. The molecule has 0 aromatic heterocycles. The summed E-state index contributed by atoms with van der Waals surface area (Å²) in [6.45, 7) is 17.3. The average Bonchev–Trinajstić information content (AvgIpc) is 2.75. The molecule has 1 aromatic rings. The van der Waals surface area contributed by atoms with E-state index in [1.165, 1.54) is 0 Å². The van der Waals surface area contributed by atoms with Crippen LogP contribution in [0.3, 0.4) is 0 Å². The van der Waals surface area contributed by atoms with Gasteiger partial charge in [-0.2, -0.15) is 0 Å². The van der Waals surface area contributed by atoms with E-state index in [0.717, 1.165) is 5.56 Å². The third kappa shape index (κ3) is 9.66. The van der Waals surface area contributed by atoms with Gasteiger partial charge < -0.3 is 19.0 Å². The molecule has 0 radical (unpaired) electrons. The molecule has 36 heavy (non-hydrogen) atoms. The second-order valence-corrected chi connectivity index (χ2v) is 20.9. The fourth-order valence-corrected chi connectivity index (χ4v) is 5.00. The van der Waals surface area contributed by atoms with Gasteiger partial charge >= 0.3 is 11.9 Å². The van der Waals surface area contributed by atoms with Gasteiger partial charge in [-0.15, -0.1) is 5.54 Å². The summed E-state index contributed by atoms with van der Waals surface area (Å²) in [5.41, 5.74) is 1.50. The van der Waals surface area contributed by atoms with E-state index in [9.17, 15) is 19.5 Å². The number of ketones is 1. The highest BCUT2D eigenvalue weighted by atomic mass is 28.4. The fraction of sp³-hybridized carbons (Fsp3) is 0.593. The monoisotopic (exact) mass is 534 g/mol. The number of carbonyl (C=O) groups is 3. The van der Waals surface area contributed by atoms with Crippen molar-refractivity contribution < 1.29 is 33.4 Å². The van der Waals surface area contributed by atoms with Gasteiger partial charge in [-0.25, -0.2) is 4.79 Å². The Morgan fingerprint density at radius 2 is 1.58 bits per heavy atom. The number of hydrogen-bond acceptors (Lipinski definition) is 7. The highest BCUT2D eigenvalue weighted by Gasteiger charge is 2.56. The van der Waals surface area contributed by atoms with Crippen LogP contribution in [0.5, 0.6) is 0 Å². The maximum atomic E-state index is 13.8. The molecule has 2 atom stereocenters. The van der Waals surface area contributed by atoms with Crippen molar-refractivity contribution in [3.8, 4) is 11.5 Å². The summed E-state index contributed by atoms with van der Waals surface area (Å²) in [5, 5.41) is 10.2. The maximum Gasteiger partial charge on any atom is 0.346 e. The van der Waals surface area contributed by atoms with Crippen LogP contribution in [0.15, 0.2) is 30.3 Å². The molecule has 0 aliphatic carbocycles. The molecule has 0 aliphatic heterocycles. The van der Waals surface area contributed by atoms with Gasteiger partial charge in [-0.05, 0) is 30.6 Å². The van der Waals surface area contributed by atoms with Crippen molar-refractivity contribution in [3.05, 3.63) is 35.9 Å². The number of ether oxygens (including phenoxy) is 2. The molecule has 0 unspecified atom stereocenters. The van der Waals surface area contributed by atoms with Crippen molar-refractivity contribution in [3.63, 3.8) is 0 Å². The highest BCUT2D eigenvalue weighted by molar-refractivity contribution is 6.83. The second-order valence-electron chi connectivity index (χ2n) is 11.4. The van der Waals surface area contributed by atoms with Crippen LogP contribution in [-0.2, 0) is 34.9 Å². The lowest BCUT2D eigenvalue weighted by molar-refractivity contribution is -0.176. The Bertz CT molecular complexity index is 966. The quantitative estimate of drug-likeness (QED) is 0.191. The molecule has 0 amide bonds. The van der Waals surface area contributed by atoms with E-state index in [4.69, 9.17) is 13.9 Å². The van der Waals surface area contributed by atoms with E-state index in [1.54, 1.807) is 31.2 Å². The first-order valence-corrected chi connectivity index (χ1v) is 18.7. The van der Waals surface area contributed by atoms with E-state index < -0.39 is 58.7 Å². The number of benzene rings is 1. The van der Waals surface area contributed by atoms with Gasteiger partial charge in [0, 0.05) is 6.42 Å². The van der Waals surface area contributed by atoms with Gasteiger partial charge in [-0.1, -0.05) is 76.7 Å². The van der Waals surface area contributed by atoms with Crippen LogP contribution in [0.1, 0.15) is 46.1 Å². The van der Waals surface area contributed by atoms with E-state index in [-0.39, 0.29) is 18.3 Å². The van der Waals surface area contributed by atoms with Crippen molar-refractivity contribution in [1.82, 2.24) is 0 Å². The SMILES string of the molecule is CCOC(=O)C[C@](O[Si](C)(C)C(C)(C)C)(C(=O)C[C@H](O)C#C[Si](C)(C)C)C(=O)OCc1ccccc1. The van der Waals surface area contributed by atoms with Crippen LogP contribution < -0.4 is 0 Å². The molecule has 1 aromatic carbocycles. The highest BCUT2D eigenvalue weighted by Crippen LogP contribution is 2.41. The molecular formula is C27H42O7Si2. The lowest BCUT2D eigenvalue weighted by Crippen LogP contribution is -2.59. The van der Waals surface area contributed by atoms with Gasteiger partial charge in [0.15, 0.2) is 14.1 Å². The number of Topliss-reactive ketones (excluding diaryl/α,β-unsaturated/α-hetero) is 1. The molecule has 0 spiro atoms. The molecule has 7 nitrogen and oxygen atoms in total. The summed E-state index contributed by atoms with van der Waals surface area (Å²) in [6.07, 6.45) is -2.43. The van der Waals surface area contributed by atoms with Crippen molar-refractivity contribution in [1.29, 1.82) is 0 Å². The second kappa shape index (κ2) is 12.8. The largest absolute Gasteiger partial charge is 0.466 e. The minimum absolute atomic E-state index is 0.0760. The van der Waals surface area contributed by atoms with Crippen LogP contribution >= 0.6 is 0 Å². The molecular weight excluding hydrogens is 492 g/mol. The van der Waals surface area contributed by atoms with Gasteiger partial charge in [-0.3, -0.25) is 9.59 Å². The summed E-state index contributed by atoms with van der Waals surface area (Å²) in [6, 6.07) is 9.02. The van der Waals surface area contributed by atoms with Crippen molar-refractivity contribution in [2.45, 2.75) is 96.6 Å². The number of aliphatic hydroxyl groups is 1. The maximum absolute atomic E-state index is 13.8. The Hall–Kier alpha value is -2.26. The predicted molar refractivity (Wildman–Crippen MR) is 145 cm³/mol. The first kappa shape index (κ1) is 31.8. The minimum Gasteiger partial charge on any atom is -0.466 e. The van der Waals surface area contributed by atoms with Gasteiger partial charge in [0.25, 0.3) is 0 Å².